The summed E-state index contributed by atoms with van der Waals surface area (Å²) in [5, 5.41) is 4.98. The molecule has 3 rings (SSSR count). The Morgan fingerprint density at radius 3 is 1.91 bits per heavy atom. The molecule has 0 bridgehead atoms. The number of rotatable bonds is 6. The molecule has 1 heterocycles. The first-order valence-electron chi connectivity index (χ1n) is 7.76. The second-order valence-corrected chi connectivity index (χ2v) is 7.90. The van der Waals surface area contributed by atoms with Gasteiger partial charge in [-0.15, -0.1) is 0 Å². The zero-order valence-corrected chi connectivity index (χ0v) is 13.9. The van der Waals surface area contributed by atoms with E-state index in [1.54, 1.807) is 6.26 Å². The molecule has 1 N–H and O–H groups in total. The predicted octanol–water partition coefficient (Wildman–Crippen LogP) is 4.25. The van der Waals surface area contributed by atoms with Gasteiger partial charge in [-0.25, -0.2) is 5.09 Å². The van der Waals surface area contributed by atoms with Gasteiger partial charge in [-0.2, -0.15) is 0 Å². The van der Waals surface area contributed by atoms with Gasteiger partial charge in [0.15, 0.2) is 0 Å². The molecule has 4 heteroatoms. The van der Waals surface area contributed by atoms with Crippen molar-refractivity contribution in [1.82, 2.24) is 5.09 Å². The standard InChI is InChI=1S/C19H20NO2P/c1-2-18(19-14-9-15-22-19)20-23(21,16-10-5-3-6-11-16)17-12-7-4-8-13-17/h3-15,18H,2H2,1H3,(H,20,21)/t18-/m1/s1. The summed E-state index contributed by atoms with van der Waals surface area (Å²) in [7, 11) is -2.95. The Kier molecular flexibility index (Phi) is 4.80. The average Bonchev–Trinajstić information content (AvgIpc) is 3.15. The maximum atomic E-state index is 13.9. The third-order valence-electron chi connectivity index (χ3n) is 3.87. The van der Waals surface area contributed by atoms with E-state index in [-0.39, 0.29) is 6.04 Å². The fourth-order valence-corrected chi connectivity index (χ4v) is 5.17. The molecule has 0 unspecified atom stereocenters. The van der Waals surface area contributed by atoms with Gasteiger partial charge in [-0.1, -0.05) is 43.3 Å². The summed E-state index contributed by atoms with van der Waals surface area (Å²) in [5.41, 5.74) is 0. The number of hydrogen-bond acceptors (Lipinski definition) is 2. The highest BCUT2D eigenvalue weighted by Crippen LogP contribution is 2.42. The lowest BCUT2D eigenvalue weighted by Gasteiger charge is -2.25. The third-order valence-corrected chi connectivity index (χ3v) is 6.60. The SMILES string of the molecule is CC[C@@H](NP(=O)(c1ccccc1)c1ccccc1)c1ccco1. The van der Waals surface area contributed by atoms with Crippen molar-refractivity contribution in [3.63, 3.8) is 0 Å². The Balaban J connectivity index is 2.04. The molecule has 3 nitrogen and oxygen atoms in total. The van der Waals surface area contributed by atoms with Crippen molar-refractivity contribution in [3.8, 4) is 0 Å². The van der Waals surface area contributed by atoms with Gasteiger partial charge in [0, 0.05) is 10.6 Å². The quantitative estimate of drug-likeness (QED) is 0.689. The van der Waals surface area contributed by atoms with Gasteiger partial charge in [0.05, 0.1) is 12.3 Å². The van der Waals surface area contributed by atoms with E-state index in [4.69, 9.17) is 4.42 Å². The van der Waals surface area contributed by atoms with Crippen molar-refractivity contribution in [2.75, 3.05) is 0 Å². The maximum absolute atomic E-state index is 13.9. The first-order chi connectivity index (χ1) is 11.2. The predicted molar refractivity (Wildman–Crippen MR) is 94.6 cm³/mol. The van der Waals surface area contributed by atoms with Crippen molar-refractivity contribution in [1.29, 1.82) is 0 Å². The number of benzene rings is 2. The molecule has 0 aliphatic carbocycles. The third kappa shape index (κ3) is 3.31. The molecule has 1 atom stereocenters. The maximum Gasteiger partial charge on any atom is 0.205 e. The van der Waals surface area contributed by atoms with Crippen LogP contribution in [0.25, 0.3) is 0 Å². The molecule has 0 saturated carbocycles. The van der Waals surface area contributed by atoms with Crippen LogP contribution in [0.4, 0.5) is 0 Å². The second-order valence-electron chi connectivity index (χ2n) is 5.39. The minimum Gasteiger partial charge on any atom is -0.468 e. The second kappa shape index (κ2) is 6.99. The monoisotopic (exact) mass is 325 g/mol. The summed E-state index contributed by atoms with van der Waals surface area (Å²) in [5.74, 6) is 0.805. The van der Waals surface area contributed by atoms with E-state index in [2.05, 4.69) is 12.0 Å². The highest BCUT2D eigenvalue weighted by Gasteiger charge is 2.30. The normalized spacial score (nSPS) is 12.9. The molecule has 2 aromatic carbocycles. The lowest BCUT2D eigenvalue weighted by Crippen LogP contribution is -2.30. The van der Waals surface area contributed by atoms with Crippen molar-refractivity contribution in [2.24, 2.45) is 0 Å². The van der Waals surface area contributed by atoms with Gasteiger partial charge in [-0.3, -0.25) is 4.57 Å². The summed E-state index contributed by atoms with van der Waals surface area (Å²) in [6, 6.07) is 22.9. The summed E-state index contributed by atoms with van der Waals surface area (Å²) in [6.45, 7) is 2.06. The molecule has 0 fully saturated rings. The first kappa shape index (κ1) is 15.8. The van der Waals surface area contributed by atoms with Crippen LogP contribution in [-0.4, -0.2) is 0 Å². The largest absolute Gasteiger partial charge is 0.468 e. The highest BCUT2D eigenvalue weighted by molar-refractivity contribution is 7.76. The molecule has 1 aromatic heterocycles. The Hall–Kier alpha value is -2.09. The topological polar surface area (TPSA) is 42.2 Å². The molecule has 0 aliphatic heterocycles. The van der Waals surface area contributed by atoms with Gasteiger partial charge in [0.25, 0.3) is 0 Å². The van der Waals surface area contributed by atoms with Crippen LogP contribution in [0.5, 0.6) is 0 Å². The molecule has 23 heavy (non-hydrogen) atoms. The molecule has 0 amide bonds. The van der Waals surface area contributed by atoms with Crippen LogP contribution in [0.1, 0.15) is 25.1 Å². The minimum absolute atomic E-state index is 0.101. The Morgan fingerprint density at radius 2 is 1.48 bits per heavy atom. The van der Waals surface area contributed by atoms with Crippen LogP contribution in [0, 0.1) is 0 Å². The van der Waals surface area contributed by atoms with E-state index >= 15 is 0 Å². The lowest BCUT2D eigenvalue weighted by atomic mass is 10.2. The van der Waals surface area contributed by atoms with Gasteiger partial charge in [-0.05, 0) is 42.8 Å². The molecule has 0 aliphatic rings. The van der Waals surface area contributed by atoms with Crippen LogP contribution in [0.2, 0.25) is 0 Å². The van der Waals surface area contributed by atoms with Crippen LogP contribution in [0.15, 0.2) is 83.5 Å². The van der Waals surface area contributed by atoms with Gasteiger partial charge in [0.2, 0.25) is 7.29 Å². The number of hydrogen-bond donors (Lipinski definition) is 1. The fraction of sp³-hybridized carbons (Fsp3) is 0.158. The lowest BCUT2D eigenvalue weighted by molar-refractivity contribution is 0.439. The van der Waals surface area contributed by atoms with Crippen molar-refractivity contribution >= 4 is 17.9 Å². The van der Waals surface area contributed by atoms with Crippen molar-refractivity contribution in [3.05, 3.63) is 84.8 Å². The van der Waals surface area contributed by atoms with Crippen LogP contribution in [0.3, 0.4) is 0 Å². The number of furan rings is 1. The first-order valence-corrected chi connectivity index (χ1v) is 9.47. The summed E-state index contributed by atoms with van der Waals surface area (Å²) < 4.78 is 19.4. The zero-order chi connectivity index (χ0) is 16.1. The summed E-state index contributed by atoms with van der Waals surface area (Å²) in [6.07, 6.45) is 2.44. The van der Waals surface area contributed by atoms with Gasteiger partial charge < -0.3 is 4.42 Å². The Morgan fingerprint density at radius 1 is 0.913 bits per heavy atom. The molecule has 3 aromatic rings. The van der Waals surface area contributed by atoms with Crippen LogP contribution < -0.4 is 15.7 Å². The van der Waals surface area contributed by atoms with Gasteiger partial charge in [0.1, 0.15) is 5.76 Å². The smallest absolute Gasteiger partial charge is 0.205 e. The highest BCUT2D eigenvalue weighted by atomic mass is 31.2. The average molecular weight is 325 g/mol. The Bertz CT molecular complexity index is 726. The molecule has 0 spiro atoms. The van der Waals surface area contributed by atoms with Crippen LogP contribution >= 0.6 is 7.29 Å². The van der Waals surface area contributed by atoms with E-state index < -0.39 is 7.29 Å². The van der Waals surface area contributed by atoms with E-state index in [1.807, 2.05) is 72.8 Å². The summed E-state index contributed by atoms with van der Waals surface area (Å²) in [4.78, 5) is 0. The van der Waals surface area contributed by atoms with Crippen molar-refractivity contribution < 1.29 is 8.98 Å². The molecule has 118 valence electrons. The zero-order valence-electron chi connectivity index (χ0n) is 13.1. The molecular weight excluding hydrogens is 305 g/mol. The number of nitrogens with one attached hydrogen (secondary N) is 1. The van der Waals surface area contributed by atoms with E-state index in [1.165, 1.54) is 0 Å². The van der Waals surface area contributed by atoms with Crippen LogP contribution in [-0.2, 0) is 4.57 Å². The van der Waals surface area contributed by atoms with E-state index in [0.717, 1.165) is 22.8 Å². The van der Waals surface area contributed by atoms with E-state index in [0.29, 0.717) is 0 Å². The fourth-order valence-electron chi connectivity index (χ4n) is 2.64. The molecule has 0 radical (unpaired) electrons. The minimum atomic E-state index is -2.95. The summed E-state index contributed by atoms with van der Waals surface area (Å²) >= 11 is 0. The van der Waals surface area contributed by atoms with Crippen molar-refractivity contribution in [2.45, 2.75) is 19.4 Å². The molecular formula is C19H20NO2P. The molecule has 0 saturated heterocycles. The van der Waals surface area contributed by atoms with Gasteiger partial charge >= 0.3 is 0 Å². The Labute approximate surface area is 136 Å². The van der Waals surface area contributed by atoms with E-state index in [9.17, 15) is 4.57 Å².